The summed E-state index contributed by atoms with van der Waals surface area (Å²) in [5, 5.41) is 0. The van der Waals surface area contributed by atoms with Crippen molar-refractivity contribution in [2.75, 3.05) is 49.3 Å². The Balaban J connectivity index is 1.31. The van der Waals surface area contributed by atoms with Crippen LogP contribution >= 0.6 is 0 Å². The van der Waals surface area contributed by atoms with Gasteiger partial charge in [-0.1, -0.05) is 36.4 Å². The second-order valence-electron chi connectivity index (χ2n) is 8.22. The van der Waals surface area contributed by atoms with Crippen molar-refractivity contribution in [3.05, 3.63) is 84.4 Å². The fourth-order valence-electron chi connectivity index (χ4n) is 4.41. The molecular weight excluding hydrogens is 412 g/mol. The lowest BCUT2D eigenvalue weighted by Crippen LogP contribution is -2.51. The Morgan fingerprint density at radius 3 is 2.27 bits per heavy atom. The number of para-hydroxylation sites is 2. The first-order chi connectivity index (χ1) is 16.2. The third-order valence-corrected chi connectivity index (χ3v) is 6.12. The zero-order valence-corrected chi connectivity index (χ0v) is 18.9. The Labute approximate surface area is 194 Å². The molecule has 0 radical (unpaired) electrons. The maximum Gasteiger partial charge on any atom is 0.278 e. The standard InChI is InChI=1S/C27H28N4O2/c1-2-33-23-14-12-21(13-15-23)28-26-24-10-6-7-11-25(24)31(27(26)32)20-29-16-18-30(19-17-29)22-8-4-3-5-9-22/h3-15H,2,16-20H2,1H3. The topological polar surface area (TPSA) is 48.4 Å². The van der Waals surface area contributed by atoms with Crippen LogP contribution in [-0.2, 0) is 4.79 Å². The molecule has 0 aliphatic carbocycles. The van der Waals surface area contributed by atoms with Crippen LogP contribution in [0.3, 0.4) is 0 Å². The number of benzene rings is 3. The summed E-state index contributed by atoms with van der Waals surface area (Å²) in [4.78, 5) is 24.8. The summed E-state index contributed by atoms with van der Waals surface area (Å²) >= 11 is 0. The van der Waals surface area contributed by atoms with Gasteiger partial charge in [0.05, 0.1) is 24.7 Å². The molecular formula is C27H28N4O2. The average Bonchev–Trinajstić information content (AvgIpc) is 3.12. The average molecular weight is 441 g/mol. The van der Waals surface area contributed by atoms with Crippen LogP contribution in [0.1, 0.15) is 12.5 Å². The number of carbonyl (C=O) groups is 1. The minimum atomic E-state index is -0.0458. The molecule has 0 atom stereocenters. The van der Waals surface area contributed by atoms with Crippen LogP contribution in [0.5, 0.6) is 5.75 Å². The smallest absolute Gasteiger partial charge is 0.278 e. The number of carbonyl (C=O) groups excluding carboxylic acids is 1. The van der Waals surface area contributed by atoms with Crippen LogP contribution in [0, 0.1) is 0 Å². The normalized spacial score (nSPS) is 17.5. The van der Waals surface area contributed by atoms with Crippen molar-refractivity contribution in [3.8, 4) is 5.75 Å². The second kappa shape index (κ2) is 9.46. The third kappa shape index (κ3) is 4.47. The van der Waals surface area contributed by atoms with E-state index >= 15 is 0 Å². The van der Waals surface area contributed by atoms with E-state index in [1.54, 1.807) is 0 Å². The number of rotatable bonds is 6. The summed E-state index contributed by atoms with van der Waals surface area (Å²) in [6.45, 7) is 6.85. The van der Waals surface area contributed by atoms with E-state index in [-0.39, 0.29) is 5.91 Å². The first-order valence-corrected chi connectivity index (χ1v) is 11.5. The van der Waals surface area contributed by atoms with Gasteiger partial charge in [0.1, 0.15) is 11.5 Å². The summed E-state index contributed by atoms with van der Waals surface area (Å²) in [7, 11) is 0. The number of nitrogens with zero attached hydrogens (tertiary/aromatic N) is 4. The van der Waals surface area contributed by atoms with Gasteiger partial charge in [-0.15, -0.1) is 0 Å². The summed E-state index contributed by atoms with van der Waals surface area (Å²) < 4.78 is 5.51. The van der Waals surface area contributed by atoms with Gasteiger partial charge in [0.2, 0.25) is 0 Å². The molecule has 0 aromatic heterocycles. The van der Waals surface area contributed by atoms with Gasteiger partial charge in [0.15, 0.2) is 0 Å². The molecule has 0 N–H and O–H groups in total. The Hall–Kier alpha value is -3.64. The number of hydrogen-bond acceptors (Lipinski definition) is 5. The van der Waals surface area contributed by atoms with Crippen LogP contribution in [0.2, 0.25) is 0 Å². The van der Waals surface area contributed by atoms with E-state index in [2.05, 4.69) is 34.1 Å². The molecule has 0 unspecified atom stereocenters. The molecule has 33 heavy (non-hydrogen) atoms. The van der Waals surface area contributed by atoms with Gasteiger partial charge < -0.3 is 9.64 Å². The van der Waals surface area contributed by atoms with Gasteiger partial charge in [-0.25, -0.2) is 4.99 Å². The van der Waals surface area contributed by atoms with Crippen LogP contribution in [-0.4, -0.2) is 56.0 Å². The summed E-state index contributed by atoms with van der Waals surface area (Å²) in [5.41, 5.74) is 4.31. The summed E-state index contributed by atoms with van der Waals surface area (Å²) in [6.07, 6.45) is 0. The molecule has 0 saturated carbocycles. The van der Waals surface area contributed by atoms with Crippen molar-refractivity contribution in [3.63, 3.8) is 0 Å². The Bertz CT molecular complexity index is 1140. The fraction of sp³-hybridized carbons (Fsp3) is 0.259. The van der Waals surface area contributed by atoms with Crippen molar-refractivity contribution in [2.45, 2.75) is 6.92 Å². The minimum Gasteiger partial charge on any atom is -0.494 e. The highest BCUT2D eigenvalue weighted by atomic mass is 16.5. The molecule has 5 rings (SSSR count). The number of hydrogen-bond donors (Lipinski definition) is 0. The van der Waals surface area contributed by atoms with Gasteiger partial charge in [0, 0.05) is 37.4 Å². The molecule has 2 aliphatic heterocycles. The second-order valence-corrected chi connectivity index (χ2v) is 8.22. The number of anilines is 2. The lowest BCUT2D eigenvalue weighted by Gasteiger charge is -2.37. The quantitative estimate of drug-likeness (QED) is 0.572. The van der Waals surface area contributed by atoms with Crippen LogP contribution < -0.4 is 14.5 Å². The highest BCUT2D eigenvalue weighted by Gasteiger charge is 2.35. The lowest BCUT2D eigenvalue weighted by atomic mass is 10.1. The largest absolute Gasteiger partial charge is 0.494 e. The van der Waals surface area contributed by atoms with E-state index in [1.807, 2.05) is 66.4 Å². The van der Waals surface area contributed by atoms with Crippen LogP contribution in [0.15, 0.2) is 83.9 Å². The zero-order valence-electron chi connectivity index (χ0n) is 18.9. The van der Waals surface area contributed by atoms with Crippen molar-refractivity contribution >= 4 is 28.7 Å². The van der Waals surface area contributed by atoms with E-state index in [0.717, 1.165) is 48.9 Å². The Morgan fingerprint density at radius 1 is 0.848 bits per heavy atom. The zero-order chi connectivity index (χ0) is 22.6. The van der Waals surface area contributed by atoms with Crippen molar-refractivity contribution in [2.24, 2.45) is 4.99 Å². The van der Waals surface area contributed by atoms with E-state index in [9.17, 15) is 4.79 Å². The number of piperazine rings is 1. The first-order valence-electron chi connectivity index (χ1n) is 11.5. The molecule has 3 aromatic rings. The molecule has 1 fully saturated rings. The predicted octanol–water partition coefficient (Wildman–Crippen LogP) is 4.33. The van der Waals surface area contributed by atoms with Crippen molar-refractivity contribution < 1.29 is 9.53 Å². The summed E-state index contributed by atoms with van der Waals surface area (Å²) in [5.74, 6) is 0.756. The number of amides is 1. The summed E-state index contributed by atoms with van der Waals surface area (Å²) in [6, 6.07) is 26.0. The first kappa shape index (κ1) is 21.2. The number of aliphatic imine (C=N–C) groups is 1. The predicted molar refractivity (Wildman–Crippen MR) is 133 cm³/mol. The third-order valence-electron chi connectivity index (χ3n) is 6.12. The van der Waals surface area contributed by atoms with E-state index in [4.69, 9.17) is 9.73 Å². The molecule has 6 heteroatoms. The van der Waals surface area contributed by atoms with Crippen LogP contribution in [0.25, 0.3) is 0 Å². The molecule has 1 amide bonds. The van der Waals surface area contributed by atoms with Gasteiger partial charge in [0.25, 0.3) is 5.91 Å². The number of fused-ring (bicyclic) bond motifs is 1. The van der Waals surface area contributed by atoms with Gasteiger partial charge in [-0.05, 0) is 49.4 Å². The minimum absolute atomic E-state index is 0.0458. The van der Waals surface area contributed by atoms with Crippen LogP contribution in [0.4, 0.5) is 17.1 Å². The molecule has 3 aromatic carbocycles. The van der Waals surface area contributed by atoms with Crippen molar-refractivity contribution in [1.29, 1.82) is 0 Å². The van der Waals surface area contributed by atoms with E-state index < -0.39 is 0 Å². The molecule has 0 spiro atoms. The molecule has 6 nitrogen and oxygen atoms in total. The molecule has 2 aliphatic rings. The highest BCUT2D eigenvalue weighted by Crippen LogP contribution is 2.31. The Kier molecular flexibility index (Phi) is 6.09. The van der Waals surface area contributed by atoms with Gasteiger partial charge in [-0.2, -0.15) is 0 Å². The highest BCUT2D eigenvalue weighted by molar-refractivity contribution is 6.54. The SMILES string of the molecule is CCOc1ccc(N=C2C(=O)N(CN3CCN(c4ccccc4)CC3)c3ccccc32)cc1. The molecule has 168 valence electrons. The molecule has 1 saturated heterocycles. The van der Waals surface area contributed by atoms with E-state index in [0.29, 0.717) is 19.0 Å². The monoisotopic (exact) mass is 440 g/mol. The molecule has 2 heterocycles. The number of ether oxygens (including phenoxy) is 1. The van der Waals surface area contributed by atoms with Gasteiger partial charge in [-0.3, -0.25) is 14.6 Å². The molecule has 0 bridgehead atoms. The maximum absolute atomic E-state index is 13.4. The Morgan fingerprint density at radius 2 is 1.55 bits per heavy atom. The van der Waals surface area contributed by atoms with E-state index in [1.165, 1.54) is 5.69 Å². The van der Waals surface area contributed by atoms with Gasteiger partial charge >= 0.3 is 0 Å². The van der Waals surface area contributed by atoms with Crippen molar-refractivity contribution in [1.82, 2.24) is 4.90 Å². The maximum atomic E-state index is 13.4. The fourth-order valence-corrected chi connectivity index (χ4v) is 4.41. The lowest BCUT2D eigenvalue weighted by molar-refractivity contribution is -0.112.